The molecule has 0 spiro atoms. The molecule has 0 aliphatic carbocycles. The normalized spacial score (nSPS) is 16.1. The second kappa shape index (κ2) is 6.70. The highest BCUT2D eigenvalue weighted by atomic mass is 32.2. The molecule has 1 aliphatic rings. The zero-order chi connectivity index (χ0) is 13.7. The van der Waals surface area contributed by atoms with Crippen molar-refractivity contribution in [3.05, 3.63) is 23.8 Å². The molecule has 5 heteroatoms. The number of nitrogens with two attached hydrogens (primary N) is 1. The predicted octanol–water partition coefficient (Wildman–Crippen LogP) is 2.61. The molecule has 4 nitrogen and oxygen atoms in total. The number of hydrogen-bond acceptors (Lipinski definition) is 5. The minimum atomic E-state index is -0.393. The van der Waals surface area contributed by atoms with Crippen molar-refractivity contribution in [2.75, 3.05) is 36.2 Å². The van der Waals surface area contributed by atoms with Gasteiger partial charge in [-0.1, -0.05) is 0 Å². The van der Waals surface area contributed by atoms with Crippen LogP contribution >= 0.6 is 11.8 Å². The molecule has 0 aromatic heterocycles. The number of nitrogen functional groups attached to an aromatic ring is 1. The van der Waals surface area contributed by atoms with E-state index in [2.05, 4.69) is 5.32 Å². The molecule has 1 fully saturated rings. The lowest BCUT2D eigenvalue weighted by Gasteiger charge is -2.22. The van der Waals surface area contributed by atoms with E-state index in [4.69, 9.17) is 10.5 Å². The molecule has 0 saturated carbocycles. The predicted molar refractivity (Wildman–Crippen MR) is 80.7 cm³/mol. The summed E-state index contributed by atoms with van der Waals surface area (Å²) in [6.45, 7) is 0.949. The maximum absolute atomic E-state index is 11.6. The maximum atomic E-state index is 11.6. The second-order valence-corrected chi connectivity index (χ2v) is 5.96. The molecule has 1 aromatic carbocycles. The quantitative estimate of drug-likeness (QED) is 0.655. The minimum Gasteiger partial charge on any atom is -0.465 e. The first kappa shape index (κ1) is 14.1. The molecule has 0 radical (unpaired) electrons. The first-order chi connectivity index (χ1) is 9.20. The molecule has 1 aromatic rings. The van der Waals surface area contributed by atoms with E-state index in [1.54, 1.807) is 12.1 Å². The Bertz CT molecular complexity index is 445. The third-order valence-electron chi connectivity index (χ3n) is 3.39. The summed E-state index contributed by atoms with van der Waals surface area (Å²) in [4.78, 5) is 11.6. The topological polar surface area (TPSA) is 64.3 Å². The number of ether oxygens (including phenoxy) is 1. The number of carbonyl (C=O) groups is 1. The second-order valence-electron chi connectivity index (χ2n) is 4.73. The van der Waals surface area contributed by atoms with Crippen molar-refractivity contribution in [3.63, 3.8) is 0 Å². The van der Waals surface area contributed by atoms with Gasteiger partial charge in [-0.3, -0.25) is 0 Å². The molecule has 1 saturated heterocycles. The highest BCUT2D eigenvalue weighted by molar-refractivity contribution is 7.99. The number of esters is 1. The third-order valence-corrected chi connectivity index (χ3v) is 4.44. The van der Waals surface area contributed by atoms with Crippen LogP contribution in [0.4, 0.5) is 11.4 Å². The molecule has 0 atom stereocenters. The average Bonchev–Trinajstić information content (AvgIpc) is 2.46. The number of nitrogens with one attached hydrogen (secondary N) is 1. The van der Waals surface area contributed by atoms with Gasteiger partial charge < -0.3 is 15.8 Å². The van der Waals surface area contributed by atoms with Gasteiger partial charge in [0.05, 0.1) is 12.7 Å². The first-order valence-corrected chi connectivity index (χ1v) is 7.65. The van der Waals surface area contributed by atoms with Crippen LogP contribution in [0.25, 0.3) is 0 Å². The summed E-state index contributed by atoms with van der Waals surface area (Å²) in [5.41, 5.74) is 7.57. The number of benzene rings is 1. The Labute approximate surface area is 118 Å². The summed E-state index contributed by atoms with van der Waals surface area (Å²) in [7, 11) is 1.36. The third kappa shape index (κ3) is 3.80. The van der Waals surface area contributed by atoms with Gasteiger partial charge in [-0.05, 0) is 48.5 Å². The SMILES string of the molecule is COC(=O)c1cc(NCC2CCSCC2)ccc1N. The lowest BCUT2D eigenvalue weighted by Crippen LogP contribution is -2.19. The Hall–Kier alpha value is -1.36. The van der Waals surface area contributed by atoms with E-state index in [1.165, 1.54) is 31.5 Å². The number of methoxy groups -OCH3 is 1. The molecule has 19 heavy (non-hydrogen) atoms. The van der Waals surface area contributed by atoms with Crippen molar-refractivity contribution in [3.8, 4) is 0 Å². The molecular formula is C14H20N2O2S. The molecule has 2 rings (SSSR count). The smallest absolute Gasteiger partial charge is 0.340 e. The summed E-state index contributed by atoms with van der Waals surface area (Å²) in [6, 6.07) is 5.41. The number of anilines is 2. The van der Waals surface area contributed by atoms with Crippen LogP contribution in [0.15, 0.2) is 18.2 Å². The van der Waals surface area contributed by atoms with E-state index in [-0.39, 0.29) is 0 Å². The monoisotopic (exact) mass is 280 g/mol. The summed E-state index contributed by atoms with van der Waals surface area (Å²) in [6.07, 6.45) is 2.52. The van der Waals surface area contributed by atoms with Crippen LogP contribution in [0.5, 0.6) is 0 Å². The van der Waals surface area contributed by atoms with Gasteiger partial charge in [-0.25, -0.2) is 4.79 Å². The van der Waals surface area contributed by atoms with E-state index in [0.717, 1.165) is 18.2 Å². The molecule has 0 bridgehead atoms. The van der Waals surface area contributed by atoms with Gasteiger partial charge in [0.2, 0.25) is 0 Å². The number of thioether (sulfide) groups is 1. The van der Waals surface area contributed by atoms with Crippen molar-refractivity contribution in [1.29, 1.82) is 0 Å². The number of hydrogen-bond donors (Lipinski definition) is 2. The average molecular weight is 280 g/mol. The van der Waals surface area contributed by atoms with Crippen molar-refractivity contribution in [2.24, 2.45) is 5.92 Å². The van der Waals surface area contributed by atoms with Crippen molar-refractivity contribution < 1.29 is 9.53 Å². The Morgan fingerprint density at radius 3 is 2.89 bits per heavy atom. The highest BCUT2D eigenvalue weighted by Crippen LogP contribution is 2.24. The Balaban J connectivity index is 1.98. The van der Waals surface area contributed by atoms with E-state index < -0.39 is 5.97 Å². The van der Waals surface area contributed by atoms with E-state index in [1.807, 2.05) is 17.8 Å². The first-order valence-electron chi connectivity index (χ1n) is 6.50. The largest absolute Gasteiger partial charge is 0.465 e. The van der Waals surface area contributed by atoms with Gasteiger partial charge >= 0.3 is 5.97 Å². The van der Waals surface area contributed by atoms with Gasteiger partial charge in [-0.15, -0.1) is 0 Å². The number of carbonyl (C=O) groups excluding carboxylic acids is 1. The molecule has 0 amide bonds. The molecule has 3 N–H and O–H groups in total. The van der Waals surface area contributed by atoms with E-state index >= 15 is 0 Å². The summed E-state index contributed by atoms with van der Waals surface area (Å²) >= 11 is 2.03. The van der Waals surface area contributed by atoms with Crippen LogP contribution in [-0.2, 0) is 4.74 Å². The van der Waals surface area contributed by atoms with Crippen molar-refractivity contribution >= 4 is 29.1 Å². The van der Waals surface area contributed by atoms with Crippen LogP contribution in [0, 0.1) is 5.92 Å². The van der Waals surface area contributed by atoms with Gasteiger partial charge in [0, 0.05) is 17.9 Å². The fourth-order valence-electron chi connectivity index (χ4n) is 2.17. The van der Waals surface area contributed by atoms with E-state index in [0.29, 0.717) is 11.3 Å². The van der Waals surface area contributed by atoms with Gasteiger partial charge in [-0.2, -0.15) is 11.8 Å². The highest BCUT2D eigenvalue weighted by Gasteiger charge is 2.14. The summed E-state index contributed by atoms with van der Waals surface area (Å²) in [5, 5.41) is 3.39. The molecular weight excluding hydrogens is 260 g/mol. The number of rotatable bonds is 4. The molecule has 1 heterocycles. The minimum absolute atomic E-state index is 0.393. The van der Waals surface area contributed by atoms with Crippen LogP contribution < -0.4 is 11.1 Å². The van der Waals surface area contributed by atoms with Crippen molar-refractivity contribution in [1.82, 2.24) is 0 Å². The van der Waals surface area contributed by atoms with Crippen LogP contribution in [0.2, 0.25) is 0 Å². The van der Waals surface area contributed by atoms with Crippen LogP contribution in [0.1, 0.15) is 23.2 Å². The Kier molecular flexibility index (Phi) is 4.96. The Morgan fingerprint density at radius 2 is 2.21 bits per heavy atom. The van der Waals surface area contributed by atoms with Gasteiger partial charge in [0.25, 0.3) is 0 Å². The van der Waals surface area contributed by atoms with Gasteiger partial charge in [0.1, 0.15) is 0 Å². The Morgan fingerprint density at radius 1 is 1.47 bits per heavy atom. The molecule has 0 unspecified atom stereocenters. The zero-order valence-electron chi connectivity index (χ0n) is 11.1. The maximum Gasteiger partial charge on any atom is 0.340 e. The van der Waals surface area contributed by atoms with E-state index in [9.17, 15) is 4.79 Å². The lowest BCUT2D eigenvalue weighted by molar-refractivity contribution is 0.0602. The summed E-state index contributed by atoms with van der Waals surface area (Å²) in [5.74, 6) is 2.83. The summed E-state index contributed by atoms with van der Waals surface area (Å²) < 4.78 is 4.72. The van der Waals surface area contributed by atoms with Crippen LogP contribution in [-0.4, -0.2) is 31.1 Å². The molecule has 1 aliphatic heterocycles. The van der Waals surface area contributed by atoms with Gasteiger partial charge in [0.15, 0.2) is 0 Å². The fourth-order valence-corrected chi connectivity index (χ4v) is 3.37. The zero-order valence-corrected chi connectivity index (χ0v) is 12.0. The van der Waals surface area contributed by atoms with Crippen LogP contribution in [0.3, 0.4) is 0 Å². The molecule has 104 valence electrons. The van der Waals surface area contributed by atoms with Crippen molar-refractivity contribution in [2.45, 2.75) is 12.8 Å². The standard InChI is InChI=1S/C14H20N2O2S/c1-18-14(17)12-8-11(2-3-13(12)15)16-9-10-4-6-19-7-5-10/h2-3,8,10,16H,4-7,9,15H2,1H3. The fraction of sp³-hybridized carbons (Fsp3) is 0.500. The lowest BCUT2D eigenvalue weighted by atomic mass is 10.0.